The van der Waals surface area contributed by atoms with E-state index in [0.29, 0.717) is 0 Å². The van der Waals surface area contributed by atoms with Crippen LogP contribution in [-0.4, -0.2) is 79.4 Å². The van der Waals surface area contributed by atoms with Crippen molar-refractivity contribution in [3.8, 4) is 34.0 Å². The van der Waals surface area contributed by atoms with Crippen LogP contribution in [0.1, 0.15) is 120 Å². The largest absolute Gasteiger partial charge is 0.534 e. The molecule has 0 aliphatic heterocycles. The summed E-state index contributed by atoms with van der Waals surface area (Å²) in [7, 11) is -11.3. The number of alkyl halides is 6. The van der Waals surface area contributed by atoms with Crippen molar-refractivity contribution < 1.29 is 94.0 Å². The highest BCUT2D eigenvalue weighted by atomic mass is 32.2. The second-order valence-electron chi connectivity index (χ2n) is 17.8. The minimum absolute atomic E-state index is 0.0367. The fraction of sp³-hybridized carbons (Fsp3) is 0.444. The molecule has 4 rings (SSSR count). The van der Waals surface area contributed by atoms with E-state index in [9.17, 15) is 71.4 Å². The molecule has 4 aromatic rings. The maximum atomic E-state index is 13.7. The second kappa shape index (κ2) is 23.0. The lowest BCUT2D eigenvalue weighted by Gasteiger charge is -2.23. The van der Waals surface area contributed by atoms with Gasteiger partial charge in [0.05, 0.1) is 43.8 Å². The van der Waals surface area contributed by atoms with Crippen molar-refractivity contribution in [2.45, 2.75) is 123 Å². The van der Waals surface area contributed by atoms with Crippen molar-refractivity contribution in [3.63, 3.8) is 0 Å². The molecular formula is C45H52F8N4O13S2. The van der Waals surface area contributed by atoms with Crippen molar-refractivity contribution >= 4 is 38.4 Å². The summed E-state index contributed by atoms with van der Waals surface area (Å²) < 4.78 is 178. The summed E-state index contributed by atoms with van der Waals surface area (Å²) in [5, 5.41) is 14.7. The topological polar surface area (TPSA) is 236 Å². The van der Waals surface area contributed by atoms with Crippen LogP contribution >= 0.6 is 0 Å². The molecule has 0 bridgehead atoms. The van der Waals surface area contributed by atoms with Crippen LogP contribution in [-0.2, 0) is 54.1 Å². The van der Waals surface area contributed by atoms with Crippen LogP contribution in [0.4, 0.5) is 44.7 Å². The van der Waals surface area contributed by atoms with Gasteiger partial charge < -0.3 is 38.3 Å². The van der Waals surface area contributed by atoms with E-state index in [0.717, 1.165) is 31.4 Å². The Labute approximate surface area is 409 Å². The Kier molecular flexibility index (Phi) is 19.2. The maximum Gasteiger partial charge on any atom is 0.534 e. The molecule has 17 nitrogen and oxygen atoms in total. The van der Waals surface area contributed by atoms with Crippen LogP contribution in [0, 0.1) is 11.6 Å². The second-order valence-corrected chi connectivity index (χ2v) is 20.9. The van der Waals surface area contributed by atoms with Crippen LogP contribution < -0.4 is 19.0 Å². The number of methoxy groups -OCH3 is 1. The number of nitrogens with one attached hydrogen (secondary N) is 2. The van der Waals surface area contributed by atoms with Gasteiger partial charge in [0.2, 0.25) is 11.8 Å². The summed E-state index contributed by atoms with van der Waals surface area (Å²) in [4.78, 5) is 45.3. The Morgan fingerprint density at radius 1 is 0.597 bits per heavy atom. The Hall–Kier alpha value is -6.35. The van der Waals surface area contributed by atoms with Gasteiger partial charge in [-0.25, -0.2) is 33.1 Å². The van der Waals surface area contributed by atoms with E-state index in [-0.39, 0.29) is 50.3 Å². The van der Waals surface area contributed by atoms with Crippen LogP contribution in [0.25, 0.3) is 22.3 Å². The standard InChI is InChI=1S/C23H26F4N2O7S.C22H26F4N2O6S/c1-12(2)18-17(20(30)34-6)16(13-7-9-14(24)10-8-13)15(11-28-21(31)35-22(3,4)5)19(29-18)36-37(32,33)23(25,26)27;1-12(2)18-16(11-29)17(13-6-8-14(23)9-7-13)15(10-27-20(30)33-21(3,4)5)19(28-18)34-35(31,32)22(24,25)26/h7-10,12H,11H2,1-6H3,(H,28,31);6-9,12,29H,10-11H2,1-5H3,(H,27,30). The molecule has 0 saturated carbocycles. The number of benzene rings is 2. The highest BCUT2D eigenvalue weighted by Crippen LogP contribution is 2.41. The van der Waals surface area contributed by atoms with E-state index in [1.54, 1.807) is 69.2 Å². The molecule has 72 heavy (non-hydrogen) atoms. The number of aliphatic hydroxyl groups is 1. The van der Waals surface area contributed by atoms with E-state index in [1.807, 2.05) is 0 Å². The average Bonchev–Trinajstić information content (AvgIpc) is 3.23. The molecule has 0 spiro atoms. The number of aromatic nitrogens is 2. The average molecular weight is 1070 g/mol. The number of pyridine rings is 2. The third kappa shape index (κ3) is 15.8. The van der Waals surface area contributed by atoms with Crippen molar-refractivity contribution in [2.75, 3.05) is 7.11 Å². The number of nitrogens with zero attached hydrogens (tertiary/aromatic N) is 2. The molecule has 2 aromatic carbocycles. The van der Waals surface area contributed by atoms with Gasteiger partial charge in [-0.3, -0.25) is 0 Å². The normalized spacial score (nSPS) is 12.4. The molecule has 2 heterocycles. The van der Waals surface area contributed by atoms with E-state index < -0.39 is 121 Å². The van der Waals surface area contributed by atoms with Crippen molar-refractivity contribution in [3.05, 3.63) is 93.8 Å². The van der Waals surface area contributed by atoms with Gasteiger partial charge in [-0.05, 0) is 94.3 Å². The Balaban J connectivity index is 0.000000381. The third-order valence-electron chi connectivity index (χ3n) is 9.15. The first-order chi connectivity index (χ1) is 32.8. The summed E-state index contributed by atoms with van der Waals surface area (Å²) in [6.45, 7) is 13.9. The van der Waals surface area contributed by atoms with Gasteiger partial charge in [0.25, 0.3) is 0 Å². The number of rotatable bonds is 14. The Morgan fingerprint density at radius 3 is 1.26 bits per heavy atom. The lowest BCUT2D eigenvalue weighted by molar-refractivity contribution is -0.0506. The number of esters is 1. The summed E-state index contributed by atoms with van der Waals surface area (Å²) in [5.41, 5.74) is -14.1. The molecule has 0 aliphatic rings. The van der Waals surface area contributed by atoms with Gasteiger partial charge in [0.15, 0.2) is 0 Å². The minimum Gasteiger partial charge on any atom is -0.465 e. The first-order valence-corrected chi connectivity index (χ1v) is 23.9. The van der Waals surface area contributed by atoms with Gasteiger partial charge >= 0.3 is 49.4 Å². The molecule has 2 amide bonds. The van der Waals surface area contributed by atoms with Crippen molar-refractivity contribution in [2.24, 2.45) is 0 Å². The smallest absolute Gasteiger partial charge is 0.465 e. The molecule has 2 aromatic heterocycles. The Bertz CT molecular complexity index is 2830. The van der Waals surface area contributed by atoms with Crippen molar-refractivity contribution in [1.29, 1.82) is 0 Å². The number of carbonyl (C=O) groups excluding carboxylic acids is 3. The molecule has 0 unspecified atom stereocenters. The summed E-state index contributed by atoms with van der Waals surface area (Å²) in [5.74, 6) is -5.34. The SMILES string of the molecule is CC(C)c1nc(OS(=O)(=O)C(F)(F)F)c(CNC(=O)OC(C)(C)C)c(-c2ccc(F)cc2)c1CO.COC(=O)c1c(C(C)C)nc(OS(=O)(=O)C(F)(F)F)c(CNC(=O)OC(C)(C)C)c1-c1ccc(F)cc1. The van der Waals surface area contributed by atoms with E-state index in [1.165, 1.54) is 24.3 Å². The first-order valence-electron chi connectivity index (χ1n) is 21.1. The van der Waals surface area contributed by atoms with Gasteiger partial charge in [-0.15, -0.1) is 0 Å². The van der Waals surface area contributed by atoms with Gasteiger partial charge in [-0.2, -0.15) is 43.2 Å². The zero-order valence-electron chi connectivity index (χ0n) is 40.5. The number of halogens is 8. The molecule has 0 saturated heterocycles. The maximum absolute atomic E-state index is 13.7. The summed E-state index contributed by atoms with van der Waals surface area (Å²) >= 11 is 0. The van der Waals surface area contributed by atoms with Crippen molar-refractivity contribution in [1.82, 2.24) is 20.6 Å². The predicted molar refractivity (Wildman–Crippen MR) is 242 cm³/mol. The predicted octanol–water partition coefficient (Wildman–Crippen LogP) is 9.81. The molecule has 27 heteroatoms. The highest BCUT2D eigenvalue weighted by Gasteiger charge is 2.50. The first kappa shape index (κ1) is 60.0. The van der Waals surface area contributed by atoms with Gasteiger partial charge in [-0.1, -0.05) is 52.0 Å². The fourth-order valence-corrected chi connectivity index (χ4v) is 7.14. The minimum atomic E-state index is -6.21. The van der Waals surface area contributed by atoms with Crippen LogP contribution in [0.15, 0.2) is 48.5 Å². The van der Waals surface area contributed by atoms with Crippen LogP contribution in [0.5, 0.6) is 11.8 Å². The van der Waals surface area contributed by atoms with E-state index in [2.05, 4.69) is 29.0 Å². The van der Waals surface area contributed by atoms with Crippen LogP contribution in [0.3, 0.4) is 0 Å². The lowest BCUT2D eigenvalue weighted by atomic mass is 9.90. The van der Waals surface area contributed by atoms with Crippen LogP contribution in [0.2, 0.25) is 0 Å². The molecule has 0 fully saturated rings. The third-order valence-corrected chi connectivity index (χ3v) is 11.0. The molecule has 0 aliphatic carbocycles. The number of alkyl carbamates (subject to hydrolysis) is 2. The summed E-state index contributed by atoms with van der Waals surface area (Å²) in [6, 6.07) is 9.17. The molecule has 398 valence electrons. The number of carbonyl (C=O) groups is 3. The van der Waals surface area contributed by atoms with Gasteiger partial charge in [0, 0.05) is 22.3 Å². The molecule has 0 atom stereocenters. The Morgan fingerprint density at radius 2 is 0.944 bits per heavy atom. The van der Waals surface area contributed by atoms with E-state index >= 15 is 0 Å². The fourth-order valence-electron chi connectivity index (χ4n) is 6.26. The number of ether oxygens (including phenoxy) is 3. The molecule has 0 radical (unpaired) electrons. The zero-order chi connectivity index (χ0) is 55.1. The number of hydrogen-bond acceptors (Lipinski definition) is 15. The van der Waals surface area contributed by atoms with E-state index in [4.69, 9.17) is 14.2 Å². The molecular weight excluding hydrogens is 1020 g/mol. The molecule has 3 N–H and O–H groups in total. The zero-order valence-corrected chi connectivity index (χ0v) is 42.1. The quantitative estimate of drug-likeness (QED) is 0.0350. The van der Waals surface area contributed by atoms with Gasteiger partial charge in [0.1, 0.15) is 22.8 Å². The number of aliphatic hydroxyl groups excluding tert-OH is 1. The number of amides is 2. The summed E-state index contributed by atoms with van der Waals surface area (Å²) in [6.07, 6.45) is -1.96. The lowest BCUT2D eigenvalue weighted by Crippen LogP contribution is -2.33. The highest BCUT2D eigenvalue weighted by molar-refractivity contribution is 7.88. The monoisotopic (exact) mass is 1070 g/mol. The number of hydrogen-bond donors (Lipinski definition) is 3.